The number of benzene rings is 1. The van der Waals surface area contributed by atoms with E-state index >= 15 is 0 Å². The minimum Gasteiger partial charge on any atom is -0.457 e. The Morgan fingerprint density at radius 1 is 1.08 bits per heavy atom. The molecule has 5 heteroatoms. The lowest BCUT2D eigenvalue weighted by molar-refractivity contribution is 0.354. The topological polar surface area (TPSA) is 18.5 Å². The van der Waals surface area contributed by atoms with Crippen molar-refractivity contribution in [1.29, 1.82) is 0 Å². The summed E-state index contributed by atoms with van der Waals surface area (Å²) in [6, 6.07) is 3.21. The van der Waals surface area contributed by atoms with Gasteiger partial charge >= 0.3 is 0 Å². The summed E-state index contributed by atoms with van der Waals surface area (Å²) in [5.74, 6) is 1.10. The van der Waals surface area contributed by atoms with Gasteiger partial charge in [-0.05, 0) is 15.9 Å². The molecule has 0 unspecified atom stereocenters. The van der Waals surface area contributed by atoms with E-state index in [1.807, 2.05) is 0 Å². The molecule has 1 aromatic rings. The van der Waals surface area contributed by atoms with E-state index < -0.39 is 0 Å². The van der Waals surface area contributed by atoms with Crippen molar-refractivity contribution in [2.45, 2.75) is 0 Å². The molecule has 0 amide bonds. The molecule has 0 bridgehead atoms. The van der Waals surface area contributed by atoms with Crippen LogP contribution in [0.25, 0.3) is 0 Å². The van der Waals surface area contributed by atoms with E-state index in [4.69, 9.17) is 32.7 Å². The lowest BCUT2D eigenvalue weighted by Gasteiger charge is -2.15. The van der Waals surface area contributed by atoms with Gasteiger partial charge in [0.2, 0.25) is 4.67 Å². The Balaban J connectivity index is 2.48. The van der Waals surface area contributed by atoms with Crippen LogP contribution in [0.5, 0.6) is 11.5 Å². The fourth-order valence-electron chi connectivity index (χ4n) is 0.921. The molecule has 0 aliphatic carbocycles. The van der Waals surface area contributed by atoms with Crippen molar-refractivity contribution in [1.82, 2.24) is 0 Å². The van der Waals surface area contributed by atoms with Gasteiger partial charge < -0.3 is 9.47 Å². The maximum atomic E-state index is 5.79. The predicted molar refractivity (Wildman–Crippen MR) is 54.7 cm³/mol. The number of hydrogen-bond donors (Lipinski definition) is 0. The number of ether oxygens (including phenoxy) is 2. The van der Waals surface area contributed by atoms with Crippen LogP contribution >= 0.6 is 39.1 Å². The molecule has 0 N–H and O–H groups in total. The summed E-state index contributed by atoms with van der Waals surface area (Å²) in [5, 5.41) is 0.877. The smallest absolute Gasteiger partial charge is 0.204 e. The van der Waals surface area contributed by atoms with E-state index in [0.717, 1.165) is 0 Å². The van der Waals surface area contributed by atoms with Gasteiger partial charge in [-0.15, -0.1) is 0 Å². The molecule has 13 heavy (non-hydrogen) atoms. The fraction of sp³-hybridized carbons (Fsp3) is 0. The summed E-state index contributed by atoms with van der Waals surface area (Å²) in [6.45, 7) is 0. The molecule has 0 aromatic heterocycles. The van der Waals surface area contributed by atoms with Crippen molar-refractivity contribution in [3.8, 4) is 11.5 Å². The average molecular weight is 282 g/mol. The first-order chi connectivity index (χ1) is 6.16. The van der Waals surface area contributed by atoms with Crippen molar-refractivity contribution < 1.29 is 9.47 Å². The predicted octanol–water partition coefficient (Wildman–Crippen LogP) is 3.96. The molecule has 2 nitrogen and oxygen atoms in total. The number of rotatable bonds is 0. The van der Waals surface area contributed by atoms with Crippen LogP contribution in [-0.2, 0) is 0 Å². The van der Waals surface area contributed by atoms with Crippen LogP contribution in [0, 0.1) is 0 Å². The molecule has 0 saturated heterocycles. The zero-order chi connectivity index (χ0) is 9.42. The van der Waals surface area contributed by atoms with Gasteiger partial charge in [-0.2, -0.15) is 0 Å². The zero-order valence-corrected chi connectivity index (χ0v) is 9.28. The van der Waals surface area contributed by atoms with Gasteiger partial charge in [0.05, 0.1) is 10.0 Å². The molecule has 0 atom stereocenters. The Labute approximate surface area is 93.2 Å². The quantitative estimate of drug-likeness (QED) is 0.717. The summed E-state index contributed by atoms with van der Waals surface area (Å²) >= 11 is 14.7. The highest BCUT2D eigenvalue weighted by atomic mass is 79.9. The highest BCUT2D eigenvalue weighted by molar-refractivity contribution is 9.11. The Kier molecular flexibility index (Phi) is 2.41. The molecule has 0 radical (unpaired) electrons. The van der Waals surface area contributed by atoms with Gasteiger partial charge in [-0.1, -0.05) is 23.2 Å². The van der Waals surface area contributed by atoms with Gasteiger partial charge in [0.15, 0.2) is 11.5 Å². The summed E-state index contributed by atoms with van der Waals surface area (Å²) in [4.78, 5) is 0. The lowest BCUT2D eigenvalue weighted by Crippen LogP contribution is -2.00. The van der Waals surface area contributed by atoms with Crippen LogP contribution < -0.4 is 9.47 Å². The van der Waals surface area contributed by atoms with Crippen LogP contribution in [0.2, 0.25) is 10.0 Å². The van der Waals surface area contributed by atoms with Gasteiger partial charge in [-0.25, -0.2) is 0 Å². The number of hydrogen-bond acceptors (Lipinski definition) is 2. The Hall–Kier alpha value is -0.380. The Morgan fingerprint density at radius 3 is 2.38 bits per heavy atom. The van der Waals surface area contributed by atoms with E-state index in [2.05, 4.69) is 15.9 Å². The van der Waals surface area contributed by atoms with Gasteiger partial charge in [0.25, 0.3) is 0 Å². The maximum absolute atomic E-state index is 5.79. The molecule has 1 aromatic carbocycles. The van der Waals surface area contributed by atoms with Crippen molar-refractivity contribution >= 4 is 39.1 Å². The molecule has 1 aliphatic heterocycles. The van der Waals surface area contributed by atoms with Crippen LogP contribution in [0.4, 0.5) is 0 Å². The van der Waals surface area contributed by atoms with Gasteiger partial charge in [0.1, 0.15) is 6.26 Å². The second kappa shape index (κ2) is 3.40. The first-order valence-corrected chi connectivity index (χ1v) is 4.91. The van der Waals surface area contributed by atoms with E-state index in [9.17, 15) is 0 Å². The van der Waals surface area contributed by atoms with Crippen LogP contribution in [0.3, 0.4) is 0 Å². The fourth-order valence-corrected chi connectivity index (χ4v) is 1.50. The van der Waals surface area contributed by atoms with Crippen molar-refractivity contribution in [3.63, 3.8) is 0 Å². The van der Waals surface area contributed by atoms with E-state index in [-0.39, 0.29) is 0 Å². The van der Waals surface area contributed by atoms with E-state index in [1.54, 1.807) is 12.1 Å². The third-order valence-electron chi connectivity index (χ3n) is 1.47. The Bertz CT molecular complexity index is 390. The lowest BCUT2D eigenvalue weighted by atomic mass is 10.3. The van der Waals surface area contributed by atoms with Gasteiger partial charge in [-0.3, -0.25) is 0 Å². The molecule has 1 heterocycles. The van der Waals surface area contributed by atoms with Crippen molar-refractivity contribution in [2.75, 3.05) is 0 Å². The maximum Gasteiger partial charge on any atom is 0.204 e. The third kappa shape index (κ3) is 1.77. The van der Waals surface area contributed by atoms with Crippen LogP contribution in [0.1, 0.15) is 0 Å². The first-order valence-electron chi connectivity index (χ1n) is 3.36. The molecular weight excluding hydrogens is 279 g/mol. The van der Waals surface area contributed by atoms with Crippen molar-refractivity contribution in [2.24, 2.45) is 0 Å². The average Bonchev–Trinajstić information content (AvgIpc) is 2.08. The van der Waals surface area contributed by atoms with E-state index in [1.165, 1.54) is 6.26 Å². The molecule has 0 fully saturated rings. The Morgan fingerprint density at radius 2 is 1.69 bits per heavy atom. The number of halogens is 3. The summed E-state index contributed by atoms with van der Waals surface area (Å²) in [5.41, 5.74) is 0. The molecule has 2 rings (SSSR count). The van der Waals surface area contributed by atoms with E-state index in [0.29, 0.717) is 26.2 Å². The van der Waals surface area contributed by atoms with Crippen molar-refractivity contribution in [3.05, 3.63) is 33.1 Å². The highest BCUT2D eigenvalue weighted by Gasteiger charge is 2.14. The molecule has 68 valence electrons. The normalized spacial score (nSPS) is 13.9. The molecule has 0 spiro atoms. The molecule has 0 saturated carbocycles. The second-order valence-electron chi connectivity index (χ2n) is 2.35. The summed E-state index contributed by atoms with van der Waals surface area (Å²) < 4.78 is 11.0. The first kappa shape index (κ1) is 9.19. The van der Waals surface area contributed by atoms with Gasteiger partial charge in [0, 0.05) is 12.1 Å². The number of fused-ring (bicyclic) bond motifs is 1. The standard InChI is InChI=1S/C8H3BrCl2O2/c9-8-3-12-6-1-4(10)5(11)2-7(6)13-8/h1-3H. The zero-order valence-electron chi connectivity index (χ0n) is 6.18. The largest absolute Gasteiger partial charge is 0.457 e. The molecule has 1 aliphatic rings. The molecular formula is C8H3BrCl2O2. The minimum absolute atomic E-state index is 0.436. The summed E-state index contributed by atoms with van der Waals surface area (Å²) in [6.07, 6.45) is 1.44. The van der Waals surface area contributed by atoms with Crippen LogP contribution in [0.15, 0.2) is 23.1 Å². The summed E-state index contributed by atoms with van der Waals surface area (Å²) in [7, 11) is 0. The highest BCUT2D eigenvalue weighted by Crippen LogP contribution is 2.39. The minimum atomic E-state index is 0.436. The van der Waals surface area contributed by atoms with Crippen LogP contribution in [-0.4, -0.2) is 0 Å². The SMILES string of the molecule is Clc1cc2c(cc1Cl)OC(Br)=CO2. The monoisotopic (exact) mass is 280 g/mol. The third-order valence-corrected chi connectivity index (χ3v) is 2.54. The second-order valence-corrected chi connectivity index (χ2v) is 3.95.